The van der Waals surface area contributed by atoms with Gasteiger partial charge in [-0.05, 0) is 67.0 Å². The van der Waals surface area contributed by atoms with Crippen molar-refractivity contribution in [2.24, 2.45) is 13.0 Å². The molecule has 11 heteroatoms. The lowest BCUT2D eigenvalue weighted by Gasteiger charge is -2.43. The molecule has 2 saturated heterocycles. The molecule has 1 aliphatic carbocycles. The molecule has 0 unspecified atom stereocenters. The molecule has 0 spiro atoms. The molecule has 4 atom stereocenters. The summed E-state index contributed by atoms with van der Waals surface area (Å²) in [5.74, 6) is 1.43. The summed E-state index contributed by atoms with van der Waals surface area (Å²) in [5.41, 5.74) is 1.52. The van der Waals surface area contributed by atoms with Gasteiger partial charge in [-0.25, -0.2) is 0 Å². The van der Waals surface area contributed by atoms with Crippen LogP contribution in [0.3, 0.4) is 0 Å². The van der Waals surface area contributed by atoms with Crippen molar-refractivity contribution < 1.29 is 22.6 Å². The molecule has 8 nitrogen and oxygen atoms in total. The minimum Gasteiger partial charge on any atom is -0.490 e. The number of aromatic nitrogens is 4. The third kappa shape index (κ3) is 5.35. The van der Waals surface area contributed by atoms with Crippen LogP contribution in [0.25, 0.3) is 0 Å². The van der Waals surface area contributed by atoms with Crippen LogP contribution in [0.15, 0.2) is 48.5 Å². The van der Waals surface area contributed by atoms with Crippen LogP contribution in [0, 0.1) is 5.92 Å². The number of nitrogens with zero attached hydrogens (tertiary/aromatic N) is 4. The number of alkyl halides is 3. The van der Waals surface area contributed by atoms with Gasteiger partial charge in [-0.1, -0.05) is 30.3 Å². The number of nitrogens with one attached hydrogen (secondary N) is 2. The van der Waals surface area contributed by atoms with Gasteiger partial charge in [0.15, 0.2) is 5.82 Å². The van der Waals surface area contributed by atoms with Gasteiger partial charge in [0.2, 0.25) is 0 Å². The zero-order valence-corrected chi connectivity index (χ0v) is 21.1. The number of aryl methyl sites for hydroxylation is 1. The molecule has 2 N–H and O–H groups in total. The Bertz CT molecular complexity index is 1270. The van der Waals surface area contributed by atoms with E-state index in [2.05, 4.69) is 42.9 Å². The number of hydrogen-bond donors (Lipinski definition) is 2. The number of fused-ring (bicyclic) bond motifs is 2. The van der Waals surface area contributed by atoms with E-state index in [1.165, 1.54) is 22.5 Å². The molecule has 3 heterocycles. The molecule has 3 fully saturated rings. The van der Waals surface area contributed by atoms with Crippen molar-refractivity contribution in [3.05, 3.63) is 65.5 Å². The molecule has 2 aliphatic heterocycles. The van der Waals surface area contributed by atoms with Crippen LogP contribution in [0.2, 0.25) is 0 Å². The smallest absolute Gasteiger partial charge is 0.490 e. The van der Waals surface area contributed by atoms with Crippen LogP contribution < -0.4 is 20.1 Å². The van der Waals surface area contributed by atoms with Crippen LogP contribution in [-0.2, 0) is 25.6 Å². The van der Waals surface area contributed by atoms with E-state index in [4.69, 9.17) is 4.74 Å². The van der Waals surface area contributed by atoms with Gasteiger partial charge in [0.05, 0.1) is 18.7 Å². The topological polar surface area (TPSA) is 86.1 Å². The van der Waals surface area contributed by atoms with Crippen molar-refractivity contribution in [2.75, 3.05) is 0 Å². The average molecular weight is 529 g/mol. The fraction of sp³-hybridized carbons (Fsp3) is 0.519. The fourth-order valence-corrected chi connectivity index (χ4v) is 6.08. The minimum absolute atomic E-state index is 0.0573. The fourth-order valence-electron chi connectivity index (χ4n) is 6.08. The molecule has 1 saturated carbocycles. The Morgan fingerprint density at radius 1 is 1.11 bits per heavy atom. The van der Waals surface area contributed by atoms with Crippen LogP contribution in [0.1, 0.15) is 49.1 Å². The SMILES string of the molecule is Cn1nnc(C[C@H]2C[C@]3(c4ccccc4)N[C@H]2CC[C@H]3NCc2cc(OC(F)(F)F)ccc2OC2CC2)n1. The Morgan fingerprint density at radius 3 is 2.63 bits per heavy atom. The Morgan fingerprint density at radius 2 is 1.92 bits per heavy atom. The maximum atomic E-state index is 12.9. The van der Waals surface area contributed by atoms with Crippen molar-refractivity contribution >= 4 is 0 Å². The molecule has 202 valence electrons. The van der Waals surface area contributed by atoms with Gasteiger partial charge in [-0.15, -0.1) is 23.4 Å². The molecule has 3 aliphatic rings. The van der Waals surface area contributed by atoms with E-state index in [0.29, 0.717) is 29.8 Å². The number of tetrazole rings is 1. The maximum absolute atomic E-state index is 12.9. The summed E-state index contributed by atoms with van der Waals surface area (Å²) in [6.45, 7) is 0.360. The Balaban J connectivity index is 1.25. The van der Waals surface area contributed by atoms with Crippen LogP contribution in [0.5, 0.6) is 11.5 Å². The second kappa shape index (κ2) is 9.85. The molecule has 3 aromatic rings. The van der Waals surface area contributed by atoms with E-state index in [1.54, 1.807) is 13.1 Å². The first kappa shape index (κ1) is 25.1. The van der Waals surface area contributed by atoms with Gasteiger partial charge >= 0.3 is 6.36 Å². The van der Waals surface area contributed by atoms with Gasteiger partial charge in [0.1, 0.15) is 11.5 Å². The van der Waals surface area contributed by atoms with Crippen LogP contribution >= 0.6 is 0 Å². The number of halogens is 3. The van der Waals surface area contributed by atoms with E-state index >= 15 is 0 Å². The maximum Gasteiger partial charge on any atom is 0.573 e. The number of hydrogen-bond acceptors (Lipinski definition) is 7. The number of piperidine rings is 1. The monoisotopic (exact) mass is 528 g/mol. The highest BCUT2D eigenvalue weighted by Gasteiger charge is 2.53. The number of ether oxygens (including phenoxy) is 2. The van der Waals surface area contributed by atoms with Gasteiger partial charge < -0.3 is 20.1 Å². The highest BCUT2D eigenvalue weighted by molar-refractivity contribution is 5.41. The standard InChI is InChI=1S/C27H31F3N6O2/c1-36-34-25(33-35-36)14-17-15-26(19-5-3-2-4-6-19)24(12-10-22(17)32-26)31-16-18-13-21(38-27(28,29)30)9-11-23(18)37-20-7-8-20/h2-6,9,11,13,17,20,22,24,31-32H,7-8,10,12,14-16H2,1H3/t17-,22-,24+,26+/m0/s1. The predicted molar refractivity (Wildman–Crippen MR) is 132 cm³/mol. The molecule has 0 amide bonds. The molecule has 1 aromatic heterocycles. The highest BCUT2D eigenvalue weighted by Crippen LogP contribution is 2.47. The second-order valence-corrected chi connectivity index (χ2v) is 10.6. The first-order valence-electron chi connectivity index (χ1n) is 13.1. The first-order valence-corrected chi connectivity index (χ1v) is 13.1. The quantitative estimate of drug-likeness (QED) is 0.434. The van der Waals surface area contributed by atoms with Crippen molar-refractivity contribution in [3.8, 4) is 11.5 Å². The van der Waals surface area contributed by atoms with Crippen LogP contribution in [0.4, 0.5) is 13.2 Å². The zero-order valence-electron chi connectivity index (χ0n) is 21.1. The van der Waals surface area contributed by atoms with Gasteiger partial charge in [0, 0.05) is 30.6 Å². The third-order valence-corrected chi connectivity index (χ3v) is 7.86. The minimum atomic E-state index is -4.75. The van der Waals surface area contributed by atoms with Crippen LogP contribution in [-0.4, -0.2) is 44.8 Å². The molecule has 0 radical (unpaired) electrons. The molecule has 2 bridgehead atoms. The molecule has 6 rings (SSSR count). The van der Waals surface area contributed by atoms with E-state index < -0.39 is 6.36 Å². The largest absolute Gasteiger partial charge is 0.573 e. The Labute approximate surface area is 218 Å². The Kier molecular flexibility index (Phi) is 6.51. The van der Waals surface area contributed by atoms with Gasteiger partial charge in [-0.2, -0.15) is 4.80 Å². The van der Waals surface area contributed by atoms with E-state index in [0.717, 1.165) is 44.3 Å². The van der Waals surface area contributed by atoms with Gasteiger partial charge in [-0.3, -0.25) is 0 Å². The van der Waals surface area contributed by atoms with Crippen molar-refractivity contribution in [3.63, 3.8) is 0 Å². The summed E-state index contributed by atoms with van der Waals surface area (Å²) in [6, 6.07) is 15.1. The lowest BCUT2D eigenvalue weighted by atomic mass is 9.78. The number of rotatable bonds is 9. The van der Waals surface area contributed by atoms with Crippen molar-refractivity contribution in [1.82, 2.24) is 30.8 Å². The van der Waals surface area contributed by atoms with E-state index in [1.807, 2.05) is 18.2 Å². The number of benzene rings is 2. The summed E-state index contributed by atoms with van der Waals surface area (Å²) in [6.07, 6.45) is 0.820. The zero-order chi connectivity index (χ0) is 26.3. The summed E-state index contributed by atoms with van der Waals surface area (Å²) in [7, 11) is 1.77. The van der Waals surface area contributed by atoms with Crippen molar-refractivity contribution in [1.29, 1.82) is 0 Å². The van der Waals surface area contributed by atoms with E-state index in [9.17, 15) is 13.2 Å². The summed E-state index contributed by atoms with van der Waals surface area (Å²) < 4.78 is 49.0. The van der Waals surface area contributed by atoms with Crippen molar-refractivity contribution in [2.45, 2.75) is 75.2 Å². The normalized spacial score (nSPS) is 26.9. The molecular formula is C27H31F3N6O2. The third-order valence-electron chi connectivity index (χ3n) is 7.86. The average Bonchev–Trinajstić information content (AvgIpc) is 3.54. The molecule has 38 heavy (non-hydrogen) atoms. The lowest BCUT2D eigenvalue weighted by Crippen LogP contribution is -2.58. The summed E-state index contributed by atoms with van der Waals surface area (Å²) in [4.78, 5) is 1.49. The second-order valence-electron chi connectivity index (χ2n) is 10.6. The first-order chi connectivity index (χ1) is 18.3. The molecule has 2 aromatic carbocycles. The highest BCUT2D eigenvalue weighted by atomic mass is 19.4. The predicted octanol–water partition coefficient (Wildman–Crippen LogP) is 4.02. The lowest BCUT2D eigenvalue weighted by molar-refractivity contribution is -0.274. The van der Waals surface area contributed by atoms with Gasteiger partial charge in [0.25, 0.3) is 0 Å². The Hall–Kier alpha value is -3.18. The summed E-state index contributed by atoms with van der Waals surface area (Å²) >= 11 is 0. The molecular weight excluding hydrogens is 497 g/mol. The summed E-state index contributed by atoms with van der Waals surface area (Å²) in [5, 5.41) is 20.2. The van der Waals surface area contributed by atoms with E-state index in [-0.39, 0.29) is 23.4 Å².